The van der Waals surface area contributed by atoms with Crippen LogP contribution in [0.15, 0.2) is 66.7 Å². The van der Waals surface area contributed by atoms with Crippen molar-refractivity contribution in [3.8, 4) is 28.4 Å². The van der Waals surface area contributed by atoms with Gasteiger partial charge in [0.1, 0.15) is 22.8 Å². The van der Waals surface area contributed by atoms with E-state index in [1.54, 1.807) is 12.1 Å². The summed E-state index contributed by atoms with van der Waals surface area (Å²) in [5.74, 6) is -1.04. The smallest absolute Gasteiger partial charge is 0.339 e. The highest BCUT2D eigenvalue weighted by Gasteiger charge is 2.14. The average molecular weight is 507 g/mol. The van der Waals surface area contributed by atoms with Crippen LogP contribution in [0.4, 0.5) is 0 Å². The van der Waals surface area contributed by atoms with Gasteiger partial charge >= 0.3 is 11.9 Å². The van der Waals surface area contributed by atoms with Crippen LogP contribution < -0.4 is 9.47 Å². The average Bonchev–Trinajstić information content (AvgIpc) is 2.90. The molecule has 0 aliphatic carbocycles. The second-order valence-corrected chi connectivity index (χ2v) is 8.92. The fraction of sp³-hybridized carbons (Fsp3) is 0.333. The third-order valence-corrected chi connectivity index (χ3v) is 6.08. The number of rotatable bonds is 16. The third kappa shape index (κ3) is 9.18. The zero-order valence-corrected chi connectivity index (χ0v) is 20.9. The quantitative estimate of drug-likeness (QED) is 0.179. The second-order valence-electron chi connectivity index (χ2n) is 8.92. The van der Waals surface area contributed by atoms with Crippen LogP contribution in [0.1, 0.15) is 72.1 Å². The molecule has 0 atom stereocenters. The molecule has 0 aliphatic heterocycles. The topological polar surface area (TPSA) is 113 Å². The monoisotopic (exact) mass is 506 g/mol. The Morgan fingerprint density at radius 2 is 1.11 bits per heavy atom. The lowest BCUT2D eigenvalue weighted by atomic mass is 10.1. The number of carboxylic acid groups (broad SMARTS) is 2. The molecule has 0 fully saturated rings. The first kappa shape index (κ1) is 27.6. The van der Waals surface area contributed by atoms with E-state index in [1.165, 1.54) is 18.2 Å². The summed E-state index contributed by atoms with van der Waals surface area (Å²) in [6, 6.07) is 18.9. The van der Waals surface area contributed by atoms with E-state index in [4.69, 9.17) is 14.6 Å². The highest BCUT2D eigenvalue weighted by Crippen LogP contribution is 2.24. The molecule has 37 heavy (non-hydrogen) atoms. The molecular weight excluding hydrogens is 472 g/mol. The Hall–Kier alpha value is -4.00. The highest BCUT2D eigenvalue weighted by molar-refractivity contribution is 5.94. The number of aromatic carboxylic acids is 2. The Morgan fingerprint density at radius 1 is 0.595 bits per heavy atom. The fourth-order valence-electron chi connectivity index (χ4n) is 3.99. The molecule has 7 heteroatoms. The summed E-state index contributed by atoms with van der Waals surface area (Å²) >= 11 is 0. The molecule has 0 saturated carbocycles. The van der Waals surface area contributed by atoms with E-state index >= 15 is 0 Å². The van der Waals surface area contributed by atoms with E-state index in [2.05, 4.69) is 0 Å². The van der Waals surface area contributed by atoms with Crippen LogP contribution in [-0.2, 0) is 0 Å². The van der Waals surface area contributed by atoms with Crippen molar-refractivity contribution < 1.29 is 34.4 Å². The Bertz CT molecular complexity index is 1140. The van der Waals surface area contributed by atoms with Gasteiger partial charge in [-0.15, -0.1) is 0 Å². The zero-order chi connectivity index (χ0) is 26.5. The van der Waals surface area contributed by atoms with Gasteiger partial charge in [0, 0.05) is 0 Å². The second kappa shape index (κ2) is 14.5. The molecule has 3 aromatic carbocycles. The molecular formula is C30H34O7. The van der Waals surface area contributed by atoms with Crippen LogP contribution in [0.5, 0.6) is 17.2 Å². The summed E-state index contributed by atoms with van der Waals surface area (Å²) < 4.78 is 11.4. The number of phenolic OH excluding ortho intramolecular Hbond substituents is 1. The predicted octanol–water partition coefficient (Wildman–Crippen LogP) is 7.03. The third-order valence-electron chi connectivity index (χ3n) is 6.08. The lowest BCUT2D eigenvalue weighted by Gasteiger charge is -2.10. The number of ether oxygens (including phenoxy) is 2. The minimum Gasteiger partial charge on any atom is -0.508 e. The summed E-state index contributed by atoms with van der Waals surface area (Å²) in [6.07, 6.45) is 8.42. The number of unbranched alkanes of at least 4 members (excludes halogenated alkanes) is 7. The van der Waals surface area contributed by atoms with E-state index in [0.717, 1.165) is 68.2 Å². The van der Waals surface area contributed by atoms with Crippen molar-refractivity contribution in [2.24, 2.45) is 0 Å². The molecule has 3 rings (SSSR count). The lowest BCUT2D eigenvalue weighted by Crippen LogP contribution is -2.07. The SMILES string of the molecule is O=C(O)c1ccc(C(=O)O)c(OCCCCCCCCCCOc2ccc(-c3ccc(O)cc3)cc2)c1. The number of carboxylic acids is 2. The molecule has 0 saturated heterocycles. The van der Waals surface area contributed by atoms with Gasteiger partial charge < -0.3 is 24.8 Å². The summed E-state index contributed by atoms with van der Waals surface area (Å²) in [6.45, 7) is 1.05. The molecule has 0 amide bonds. The number of carbonyl (C=O) groups is 2. The first-order valence-corrected chi connectivity index (χ1v) is 12.7. The van der Waals surface area contributed by atoms with Gasteiger partial charge in [-0.05, 0) is 66.4 Å². The van der Waals surface area contributed by atoms with Gasteiger partial charge in [-0.3, -0.25) is 0 Å². The van der Waals surface area contributed by atoms with Gasteiger partial charge in [0.15, 0.2) is 0 Å². The minimum atomic E-state index is -1.14. The molecule has 0 unspecified atom stereocenters. The van der Waals surface area contributed by atoms with Gasteiger partial charge in [0.25, 0.3) is 0 Å². The molecule has 0 radical (unpaired) electrons. The van der Waals surface area contributed by atoms with Crippen molar-refractivity contribution >= 4 is 11.9 Å². The summed E-state index contributed by atoms with van der Waals surface area (Å²) in [4.78, 5) is 22.4. The first-order chi connectivity index (χ1) is 17.9. The molecule has 7 nitrogen and oxygen atoms in total. The largest absolute Gasteiger partial charge is 0.508 e. The molecule has 0 bridgehead atoms. The van der Waals surface area contributed by atoms with Crippen LogP contribution in [0.25, 0.3) is 11.1 Å². The number of phenols is 1. The standard InChI is InChI=1S/C30H34O7/c31-25-14-9-22(10-15-25)23-11-16-26(17-12-23)36-19-7-5-3-1-2-4-6-8-20-37-28-21-24(29(32)33)13-18-27(28)30(34)35/h9-18,21,31H,1-8,19-20H2,(H,32,33)(H,34,35). The van der Waals surface area contributed by atoms with Crippen LogP contribution in [0.2, 0.25) is 0 Å². The van der Waals surface area contributed by atoms with Crippen molar-refractivity contribution in [1.29, 1.82) is 0 Å². The Balaban J connectivity index is 1.21. The summed E-state index contributed by atoms with van der Waals surface area (Å²) in [7, 11) is 0. The van der Waals surface area contributed by atoms with Crippen molar-refractivity contribution in [2.45, 2.75) is 51.4 Å². The Labute approximate surface area is 217 Å². The molecule has 0 heterocycles. The maximum Gasteiger partial charge on any atom is 0.339 e. The number of aromatic hydroxyl groups is 1. The fourth-order valence-corrected chi connectivity index (χ4v) is 3.99. The van der Waals surface area contributed by atoms with Crippen molar-refractivity contribution in [3.05, 3.63) is 77.9 Å². The maximum atomic E-state index is 11.3. The van der Waals surface area contributed by atoms with Crippen molar-refractivity contribution in [3.63, 3.8) is 0 Å². The molecule has 3 aromatic rings. The number of hydrogen-bond acceptors (Lipinski definition) is 5. The van der Waals surface area contributed by atoms with Gasteiger partial charge in [-0.1, -0.05) is 62.8 Å². The van der Waals surface area contributed by atoms with E-state index in [9.17, 15) is 19.8 Å². The van der Waals surface area contributed by atoms with Crippen LogP contribution in [-0.4, -0.2) is 40.5 Å². The number of hydrogen-bond donors (Lipinski definition) is 3. The first-order valence-electron chi connectivity index (χ1n) is 12.7. The van der Waals surface area contributed by atoms with E-state index in [1.807, 2.05) is 36.4 Å². The highest BCUT2D eigenvalue weighted by atomic mass is 16.5. The van der Waals surface area contributed by atoms with Crippen molar-refractivity contribution in [1.82, 2.24) is 0 Å². The van der Waals surface area contributed by atoms with Gasteiger partial charge in [-0.25, -0.2) is 9.59 Å². The van der Waals surface area contributed by atoms with E-state index < -0.39 is 11.9 Å². The minimum absolute atomic E-state index is 0.00826. The van der Waals surface area contributed by atoms with Crippen LogP contribution in [0.3, 0.4) is 0 Å². The number of benzene rings is 3. The molecule has 3 N–H and O–H groups in total. The Morgan fingerprint density at radius 3 is 1.65 bits per heavy atom. The maximum absolute atomic E-state index is 11.3. The lowest BCUT2D eigenvalue weighted by molar-refractivity contribution is 0.0677. The van der Waals surface area contributed by atoms with Gasteiger partial charge in [-0.2, -0.15) is 0 Å². The van der Waals surface area contributed by atoms with E-state index in [0.29, 0.717) is 13.2 Å². The van der Waals surface area contributed by atoms with Crippen LogP contribution >= 0.6 is 0 Å². The Kier molecular flexibility index (Phi) is 10.8. The van der Waals surface area contributed by atoms with Crippen molar-refractivity contribution in [2.75, 3.05) is 13.2 Å². The predicted molar refractivity (Wildman–Crippen MR) is 142 cm³/mol. The molecule has 0 aliphatic rings. The molecule has 196 valence electrons. The summed E-state index contributed by atoms with van der Waals surface area (Å²) in [5.41, 5.74) is 2.11. The van der Waals surface area contributed by atoms with E-state index in [-0.39, 0.29) is 22.6 Å². The molecule has 0 aromatic heterocycles. The zero-order valence-electron chi connectivity index (χ0n) is 20.9. The summed E-state index contributed by atoms with van der Waals surface area (Å²) in [5, 5.41) is 27.7. The van der Waals surface area contributed by atoms with Gasteiger partial charge in [0.2, 0.25) is 0 Å². The molecule has 0 spiro atoms. The van der Waals surface area contributed by atoms with Gasteiger partial charge in [0.05, 0.1) is 18.8 Å². The van der Waals surface area contributed by atoms with Crippen LogP contribution in [0, 0.1) is 0 Å². The normalized spacial score (nSPS) is 10.7.